The number of nitrogens with zero attached hydrogens (tertiary/aromatic N) is 2. The van der Waals surface area contributed by atoms with Crippen LogP contribution in [-0.4, -0.2) is 15.8 Å². The van der Waals surface area contributed by atoms with Crippen LogP contribution >= 0.6 is 0 Å². The molecule has 0 aliphatic rings. The molecular weight excluding hydrogens is 219 g/mol. The molecule has 0 unspecified atom stereocenters. The number of ketones is 1. The summed E-state index contributed by atoms with van der Waals surface area (Å²) in [6.07, 6.45) is 3.29. The van der Waals surface area contributed by atoms with Gasteiger partial charge in [0.1, 0.15) is 5.82 Å². The highest BCUT2D eigenvalue weighted by Gasteiger charge is 2.10. The van der Waals surface area contributed by atoms with Gasteiger partial charge < -0.3 is 0 Å². The van der Waals surface area contributed by atoms with Gasteiger partial charge in [-0.3, -0.25) is 4.79 Å². The minimum absolute atomic E-state index is 0.112. The van der Waals surface area contributed by atoms with Crippen molar-refractivity contribution in [3.63, 3.8) is 0 Å². The highest BCUT2D eigenvalue weighted by atomic mass is 19.1. The molecule has 4 heteroatoms. The molecule has 1 aromatic carbocycles. The molecule has 17 heavy (non-hydrogen) atoms. The fourth-order valence-electron chi connectivity index (χ4n) is 1.45. The van der Waals surface area contributed by atoms with E-state index in [2.05, 4.69) is 9.97 Å². The summed E-state index contributed by atoms with van der Waals surface area (Å²) in [7, 11) is 0. The Kier molecular flexibility index (Phi) is 3.23. The number of Topliss-reactive ketones (excluding diaryl/α,β-unsaturated/α-hetero) is 1. The van der Waals surface area contributed by atoms with E-state index in [0.29, 0.717) is 5.56 Å². The van der Waals surface area contributed by atoms with Crippen LogP contribution in [0, 0.1) is 12.7 Å². The number of hydrogen-bond acceptors (Lipinski definition) is 3. The Hall–Kier alpha value is -2.10. The topological polar surface area (TPSA) is 42.9 Å². The molecule has 1 heterocycles. The quantitative estimate of drug-likeness (QED) is 0.760. The van der Waals surface area contributed by atoms with Gasteiger partial charge in [0.2, 0.25) is 5.78 Å². The Balaban J connectivity index is 2.14. The number of halogens is 1. The summed E-state index contributed by atoms with van der Waals surface area (Å²) < 4.78 is 12.9. The van der Waals surface area contributed by atoms with Gasteiger partial charge in [-0.25, -0.2) is 14.4 Å². The van der Waals surface area contributed by atoms with Crippen molar-refractivity contribution in [2.45, 2.75) is 13.3 Å². The maximum atomic E-state index is 12.9. The zero-order valence-corrected chi connectivity index (χ0v) is 9.35. The van der Waals surface area contributed by atoms with Crippen LogP contribution in [0.5, 0.6) is 0 Å². The van der Waals surface area contributed by atoms with Crippen LogP contribution in [0.15, 0.2) is 36.7 Å². The van der Waals surface area contributed by atoms with Gasteiger partial charge in [-0.15, -0.1) is 0 Å². The van der Waals surface area contributed by atoms with Crippen molar-refractivity contribution in [3.8, 4) is 0 Å². The zero-order valence-electron chi connectivity index (χ0n) is 9.35. The second-order valence-electron chi connectivity index (χ2n) is 3.81. The molecule has 0 amide bonds. The number of benzene rings is 1. The first-order valence-electron chi connectivity index (χ1n) is 5.21. The molecule has 0 N–H and O–H groups in total. The van der Waals surface area contributed by atoms with Crippen molar-refractivity contribution in [1.82, 2.24) is 9.97 Å². The summed E-state index contributed by atoms with van der Waals surface area (Å²) in [4.78, 5) is 19.7. The van der Waals surface area contributed by atoms with E-state index in [9.17, 15) is 9.18 Å². The van der Waals surface area contributed by atoms with Crippen molar-refractivity contribution in [2.24, 2.45) is 0 Å². The summed E-state index contributed by atoms with van der Waals surface area (Å²) in [6.45, 7) is 1.85. The smallest absolute Gasteiger partial charge is 0.204 e. The largest absolute Gasteiger partial charge is 0.290 e. The monoisotopic (exact) mass is 230 g/mol. The van der Waals surface area contributed by atoms with Gasteiger partial charge in [-0.2, -0.15) is 0 Å². The molecule has 0 saturated heterocycles. The Morgan fingerprint density at radius 2 is 2.00 bits per heavy atom. The number of hydrogen-bond donors (Lipinski definition) is 0. The van der Waals surface area contributed by atoms with E-state index < -0.39 is 0 Å². The van der Waals surface area contributed by atoms with Crippen LogP contribution in [0.2, 0.25) is 0 Å². The first kappa shape index (κ1) is 11.4. The predicted molar refractivity (Wildman–Crippen MR) is 61.2 cm³/mol. The maximum Gasteiger partial charge on any atom is 0.204 e. The average molecular weight is 230 g/mol. The Bertz CT molecular complexity index is 537. The summed E-state index contributed by atoms with van der Waals surface area (Å²) in [5, 5.41) is 0. The fourth-order valence-corrected chi connectivity index (χ4v) is 1.45. The van der Waals surface area contributed by atoms with Gasteiger partial charge >= 0.3 is 0 Å². The first-order valence-corrected chi connectivity index (χ1v) is 5.21. The Morgan fingerprint density at radius 1 is 1.29 bits per heavy atom. The summed E-state index contributed by atoms with van der Waals surface area (Å²) in [5.74, 6) is -0.393. The van der Waals surface area contributed by atoms with Crippen LogP contribution < -0.4 is 0 Å². The highest BCUT2D eigenvalue weighted by molar-refractivity contribution is 5.93. The lowest BCUT2D eigenvalue weighted by atomic mass is 10.1. The summed E-state index contributed by atoms with van der Waals surface area (Å²) >= 11 is 0. The molecule has 0 aliphatic heterocycles. The molecule has 86 valence electrons. The molecule has 0 radical (unpaired) electrons. The van der Waals surface area contributed by atoms with Crippen LogP contribution in [0.3, 0.4) is 0 Å². The van der Waals surface area contributed by atoms with E-state index in [1.807, 2.05) is 6.92 Å². The third-order valence-electron chi connectivity index (χ3n) is 2.28. The Labute approximate surface area is 98.3 Å². The third-order valence-corrected chi connectivity index (χ3v) is 2.28. The first-order chi connectivity index (χ1) is 8.15. The SMILES string of the molecule is Cc1cnc(C(=O)Cc2cccc(F)c2)nc1. The van der Waals surface area contributed by atoms with E-state index in [1.165, 1.54) is 12.1 Å². The van der Waals surface area contributed by atoms with E-state index in [4.69, 9.17) is 0 Å². The molecule has 0 atom stereocenters. The molecule has 0 spiro atoms. The normalized spacial score (nSPS) is 10.2. The van der Waals surface area contributed by atoms with Crippen LogP contribution in [0.1, 0.15) is 21.7 Å². The minimum Gasteiger partial charge on any atom is -0.290 e. The summed E-state index contributed by atoms with van der Waals surface area (Å²) in [6, 6.07) is 5.96. The predicted octanol–water partition coefficient (Wildman–Crippen LogP) is 2.35. The molecule has 0 fully saturated rings. The van der Waals surface area contributed by atoms with Crippen molar-refractivity contribution >= 4 is 5.78 Å². The molecule has 0 bridgehead atoms. The van der Waals surface area contributed by atoms with E-state index in [-0.39, 0.29) is 23.8 Å². The zero-order chi connectivity index (χ0) is 12.3. The van der Waals surface area contributed by atoms with Crippen molar-refractivity contribution in [3.05, 3.63) is 59.4 Å². The van der Waals surface area contributed by atoms with Crippen molar-refractivity contribution < 1.29 is 9.18 Å². The van der Waals surface area contributed by atoms with E-state index >= 15 is 0 Å². The van der Waals surface area contributed by atoms with Gasteiger partial charge in [0, 0.05) is 18.8 Å². The van der Waals surface area contributed by atoms with E-state index in [1.54, 1.807) is 24.5 Å². The van der Waals surface area contributed by atoms with Crippen LogP contribution in [0.25, 0.3) is 0 Å². The van der Waals surface area contributed by atoms with Gasteiger partial charge in [-0.1, -0.05) is 12.1 Å². The molecule has 3 nitrogen and oxygen atoms in total. The molecule has 0 aliphatic carbocycles. The van der Waals surface area contributed by atoms with Gasteiger partial charge in [0.25, 0.3) is 0 Å². The lowest BCUT2D eigenvalue weighted by Crippen LogP contribution is -2.08. The standard InChI is InChI=1S/C13H11FN2O/c1-9-7-15-13(16-8-9)12(17)6-10-3-2-4-11(14)5-10/h2-5,7-8H,6H2,1H3. The van der Waals surface area contributed by atoms with Crippen LogP contribution in [0.4, 0.5) is 4.39 Å². The van der Waals surface area contributed by atoms with Gasteiger partial charge in [0.15, 0.2) is 5.82 Å². The van der Waals surface area contributed by atoms with Gasteiger partial charge in [0.05, 0.1) is 0 Å². The third kappa shape index (κ3) is 2.93. The number of rotatable bonds is 3. The number of carbonyl (C=O) groups is 1. The molecular formula is C13H11FN2O. The lowest BCUT2D eigenvalue weighted by Gasteiger charge is -2.00. The second kappa shape index (κ2) is 4.82. The number of aromatic nitrogens is 2. The summed E-state index contributed by atoms with van der Waals surface area (Å²) in [5.41, 5.74) is 1.52. The minimum atomic E-state index is -0.347. The second-order valence-corrected chi connectivity index (χ2v) is 3.81. The van der Waals surface area contributed by atoms with E-state index in [0.717, 1.165) is 5.56 Å². The molecule has 2 aromatic rings. The van der Waals surface area contributed by atoms with Gasteiger partial charge in [-0.05, 0) is 30.2 Å². The number of carbonyl (C=O) groups excluding carboxylic acids is 1. The maximum absolute atomic E-state index is 12.9. The number of aryl methyl sites for hydroxylation is 1. The molecule has 2 rings (SSSR count). The average Bonchev–Trinajstić information content (AvgIpc) is 2.29. The molecule has 0 saturated carbocycles. The van der Waals surface area contributed by atoms with Crippen molar-refractivity contribution in [1.29, 1.82) is 0 Å². The fraction of sp³-hybridized carbons (Fsp3) is 0.154. The van der Waals surface area contributed by atoms with Crippen LogP contribution in [-0.2, 0) is 6.42 Å². The molecule has 1 aromatic heterocycles. The van der Waals surface area contributed by atoms with Crippen molar-refractivity contribution in [2.75, 3.05) is 0 Å². The lowest BCUT2D eigenvalue weighted by molar-refractivity contribution is 0.0983. The highest BCUT2D eigenvalue weighted by Crippen LogP contribution is 2.07. The Morgan fingerprint density at radius 3 is 2.65 bits per heavy atom.